The molecule has 146 valence electrons. The van der Waals surface area contributed by atoms with Gasteiger partial charge in [-0.2, -0.15) is 0 Å². The van der Waals surface area contributed by atoms with Crippen molar-refractivity contribution in [3.05, 3.63) is 63.7 Å². The summed E-state index contributed by atoms with van der Waals surface area (Å²) in [6.07, 6.45) is 1.16. The summed E-state index contributed by atoms with van der Waals surface area (Å²) in [5.74, 6) is -0.703. The maximum absolute atomic E-state index is 13.4. The zero-order valence-corrected chi connectivity index (χ0v) is 15.0. The standard InChI is InChI=1S/C19H21F2NO5/c1-2-26-14-8-9-19(18(12-14)22(23)24)27-11-4-3-10-25-13-15-16(20)6-5-7-17(15)21/h5-9,12H,2-4,10-11,13H2,1H3. The Morgan fingerprint density at radius 1 is 1.04 bits per heavy atom. The van der Waals surface area contributed by atoms with Gasteiger partial charge in [-0.25, -0.2) is 8.78 Å². The Balaban J connectivity index is 1.73. The monoisotopic (exact) mass is 381 g/mol. The molecule has 2 rings (SSSR count). The highest BCUT2D eigenvalue weighted by Gasteiger charge is 2.16. The van der Waals surface area contributed by atoms with E-state index in [0.717, 1.165) is 0 Å². The Labute approximate surface area is 155 Å². The maximum atomic E-state index is 13.4. The van der Waals surface area contributed by atoms with E-state index in [2.05, 4.69) is 0 Å². The number of nitrogens with zero attached hydrogens (tertiary/aromatic N) is 1. The number of halogens is 2. The number of ether oxygens (including phenoxy) is 3. The lowest BCUT2D eigenvalue weighted by atomic mass is 10.2. The molecule has 0 N–H and O–H groups in total. The van der Waals surface area contributed by atoms with Crippen LogP contribution in [0, 0.1) is 21.7 Å². The highest BCUT2D eigenvalue weighted by molar-refractivity contribution is 5.50. The second-order valence-corrected chi connectivity index (χ2v) is 5.63. The quantitative estimate of drug-likeness (QED) is 0.322. The van der Waals surface area contributed by atoms with Crippen molar-refractivity contribution in [3.63, 3.8) is 0 Å². The van der Waals surface area contributed by atoms with E-state index in [9.17, 15) is 18.9 Å². The summed E-state index contributed by atoms with van der Waals surface area (Å²) in [6.45, 7) is 2.60. The zero-order chi connectivity index (χ0) is 19.6. The average molecular weight is 381 g/mol. The second-order valence-electron chi connectivity index (χ2n) is 5.63. The van der Waals surface area contributed by atoms with E-state index in [4.69, 9.17) is 14.2 Å². The number of nitro benzene ring substituents is 1. The lowest BCUT2D eigenvalue weighted by Crippen LogP contribution is -2.04. The van der Waals surface area contributed by atoms with E-state index < -0.39 is 16.6 Å². The Hall–Kier alpha value is -2.74. The van der Waals surface area contributed by atoms with Crippen LogP contribution >= 0.6 is 0 Å². The van der Waals surface area contributed by atoms with Crippen LogP contribution in [0.4, 0.5) is 14.5 Å². The van der Waals surface area contributed by atoms with E-state index >= 15 is 0 Å². The predicted molar refractivity (Wildman–Crippen MR) is 95.0 cm³/mol. The molecule has 0 spiro atoms. The van der Waals surface area contributed by atoms with Gasteiger partial charge in [-0.15, -0.1) is 0 Å². The lowest BCUT2D eigenvalue weighted by Gasteiger charge is -2.09. The molecule has 8 heteroatoms. The number of hydrogen-bond donors (Lipinski definition) is 0. The molecule has 0 aliphatic rings. The van der Waals surface area contributed by atoms with Crippen molar-refractivity contribution >= 4 is 5.69 Å². The third kappa shape index (κ3) is 6.18. The molecule has 0 fully saturated rings. The molecule has 0 heterocycles. The SMILES string of the molecule is CCOc1ccc(OCCCCOCc2c(F)cccc2F)c([N+](=O)[O-])c1. The van der Waals surface area contributed by atoms with E-state index in [1.807, 2.05) is 0 Å². The molecule has 2 aromatic carbocycles. The van der Waals surface area contributed by atoms with Gasteiger partial charge in [0.1, 0.15) is 17.4 Å². The van der Waals surface area contributed by atoms with Gasteiger partial charge in [0.05, 0.1) is 30.8 Å². The summed E-state index contributed by atoms with van der Waals surface area (Å²) < 4.78 is 42.9. The summed E-state index contributed by atoms with van der Waals surface area (Å²) in [5.41, 5.74) is -0.258. The van der Waals surface area contributed by atoms with Crippen LogP contribution in [0.2, 0.25) is 0 Å². The van der Waals surface area contributed by atoms with Gasteiger partial charge in [0, 0.05) is 12.2 Å². The van der Waals surface area contributed by atoms with Crippen LogP contribution in [-0.2, 0) is 11.3 Å². The minimum absolute atomic E-state index is 0.0984. The molecule has 0 saturated carbocycles. The van der Waals surface area contributed by atoms with Crippen LogP contribution < -0.4 is 9.47 Å². The molecule has 0 saturated heterocycles. The van der Waals surface area contributed by atoms with Crippen molar-refractivity contribution in [1.29, 1.82) is 0 Å². The molecule has 0 amide bonds. The normalized spacial score (nSPS) is 10.6. The first kappa shape index (κ1) is 20.6. The molecular formula is C19H21F2NO5. The van der Waals surface area contributed by atoms with Crippen molar-refractivity contribution in [3.8, 4) is 11.5 Å². The summed E-state index contributed by atoms with van der Waals surface area (Å²) in [4.78, 5) is 10.6. The molecular weight excluding hydrogens is 360 g/mol. The molecule has 0 radical (unpaired) electrons. The number of nitro groups is 1. The second kappa shape index (κ2) is 10.4. The van der Waals surface area contributed by atoms with Crippen LogP contribution in [-0.4, -0.2) is 24.7 Å². The van der Waals surface area contributed by atoms with Crippen LogP contribution in [0.3, 0.4) is 0 Å². The summed E-state index contributed by atoms with van der Waals surface area (Å²) in [5, 5.41) is 11.1. The van der Waals surface area contributed by atoms with Gasteiger partial charge < -0.3 is 14.2 Å². The van der Waals surface area contributed by atoms with Crippen molar-refractivity contribution in [1.82, 2.24) is 0 Å². The van der Waals surface area contributed by atoms with Crippen LogP contribution in [0.25, 0.3) is 0 Å². The third-order valence-electron chi connectivity index (χ3n) is 3.69. The van der Waals surface area contributed by atoms with Gasteiger partial charge in [-0.1, -0.05) is 6.07 Å². The summed E-state index contributed by atoms with van der Waals surface area (Å²) in [6, 6.07) is 8.09. The molecule has 0 unspecified atom stereocenters. The Bertz CT molecular complexity index is 750. The van der Waals surface area contributed by atoms with Crippen LogP contribution in [0.1, 0.15) is 25.3 Å². The van der Waals surface area contributed by atoms with Crippen LogP contribution in [0.15, 0.2) is 36.4 Å². The summed E-state index contributed by atoms with van der Waals surface area (Å²) >= 11 is 0. The number of rotatable bonds is 11. The third-order valence-corrected chi connectivity index (χ3v) is 3.69. The van der Waals surface area contributed by atoms with Gasteiger partial charge >= 0.3 is 5.69 Å². The average Bonchev–Trinajstić information content (AvgIpc) is 2.64. The largest absolute Gasteiger partial charge is 0.494 e. The minimum Gasteiger partial charge on any atom is -0.494 e. The fourth-order valence-corrected chi connectivity index (χ4v) is 2.35. The first-order valence-corrected chi connectivity index (χ1v) is 8.57. The lowest BCUT2D eigenvalue weighted by molar-refractivity contribution is -0.385. The smallest absolute Gasteiger partial charge is 0.314 e. The molecule has 0 aliphatic carbocycles. The highest BCUT2D eigenvalue weighted by Crippen LogP contribution is 2.31. The first-order chi connectivity index (χ1) is 13.0. The molecule has 2 aromatic rings. The first-order valence-electron chi connectivity index (χ1n) is 8.57. The molecule has 6 nitrogen and oxygen atoms in total. The van der Waals surface area contributed by atoms with Gasteiger partial charge in [-0.05, 0) is 44.0 Å². The van der Waals surface area contributed by atoms with Crippen molar-refractivity contribution in [2.45, 2.75) is 26.4 Å². The fourth-order valence-electron chi connectivity index (χ4n) is 2.35. The van der Waals surface area contributed by atoms with Crippen LogP contribution in [0.5, 0.6) is 11.5 Å². The number of unbranched alkanes of at least 4 members (excludes halogenated alkanes) is 1. The maximum Gasteiger partial charge on any atom is 0.314 e. The number of benzene rings is 2. The zero-order valence-electron chi connectivity index (χ0n) is 15.0. The summed E-state index contributed by atoms with van der Waals surface area (Å²) in [7, 11) is 0. The fraction of sp³-hybridized carbons (Fsp3) is 0.368. The molecule has 0 aromatic heterocycles. The molecule has 0 aliphatic heterocycles. The van der Waals surface area contributed by atoms with Gasteiger partial charge in [0.2, 0.25) is 0 Å². The van der Waals surface area contributed by atoms with Crippen molar-refractivity contribution < 1.29 is 27.9 Å². The highest BCUT2D eigenvalue weighted by atomic mass is 19.1. The molecule has 27 heavy (non-hydrogen) atoms. The van der Waals surface area contributed by atoms with E-state index in [1.165, 1.54) is 30.3 Å². The topological polar surface area (TPSA) is 70.8 Å². The molecule has 0 bridgehead atoms. The van der Waals surface area contributed by atoms with E-state index in [-0.39, 0.29) is 30.2 Å². The number of hydrogen-bond acceptors (Lipinski definition) is 5. The van der Waals surface area contributed by atoms with Gasteiger partial charge in [-0.3, -0.25) is 10.1 Å². The predicted octanol–water partition coefficient (Wildman–Crippen LogP) is 4.65. The molecule has 0 atom stereocenters. The van der Waals surface area contributed by atoms with E-state index in [1.54, 1.807) is 13.0 Å². The minimum atomic E-state index is -0.638. The van der Waals surface area contributed by atoms with Crippen molar-refractivity contribution in [2.75, 3.05) is 19.8 Å². The van der Waals surface area contributed by atoms with Gasteiger partial charge in [0.25, 0.3) is 0 Å². The van der Waals surface area contributed by atoms with Crippen molar-refractivity contribution in [2.24, 2.45) is 0 Å². The van der Waals surface area contributed by atoms with Gasteiger partial charge in [0.15, 0.2) is 5.75 Å². The Kier molecular flexibility index (Phi) is 7.94. The Morgan fingerprint density at radius 3 is 2.41 bits per heavy atom. The Morgan fingerprint density at radius 2 is 1.74 bits per heavy atom. The van der Waals surface area contributed by atoms with E-state index in [0.29, 0.717) is 31.8 Å².